The third-order valence-electron chi connectivity index (χ3n) is 4.89. The van der Waals surface area contributed by atoms with E-state index in [9.17, 15) is 9.59 Å². The summed E-state index contributed by atoms with van der Waals surface area (Å²) >= 11 is 0. The first-order chi connectivity index (χ1) is 13.5. The van der Waals surface area contributed by atoms with Gasteiger partial charge >= 0.3 is 0 Å². The highest BCUT2D eigenvalue weighted by Gasteiger charge is 2.12. The molecule has 3 rings (SSSR count). The molecular weight excluding hydrogens is 348 g/mol. The van der Waals surface area contributed by atoms with E-state index in [2.05, 4.69) is 9.80 Å². The molecule has 0 saturated carbocycles. The molecule has 0 atom stereocenters. The molecule has 4 heteroatoms. The largest absolute Gasteiger partial charge is 0.374 e. The highest BCUT2D eigenvalue weighted by Crippen LogP contribution is 2.08. The van der Waals surface area contributed by atoms with E-state index in [0.29, 0.717) is 11.1 Å². The molecule has 4 nitrogen and oxygen atoms in total. The Hall–Kier alpha value is -3.14. The number of ketones is 2. The normalized spacial score (nSPS) is 14.8. The predicted octanol–water partition coefficient (Wildman–Crippen LogP) is 4.01. The fraction of sp³-hybridized carbons (Fsp3) is 0.250. The van der Waals surface area contributed by atoms with Crippen LogP contribution < -0.4 is 0 Å². The SMILES string of the molecule is Cc1ccc(C(=O)/C=C/N2CCN(/C=C/C(=O)c3ccc(C)cc3)CC2)cc1. The van der Waals surface area contributed by atoms with Crippen molar-refractivity contribution in [3.63, 3.8) is 0 Å². The lowest BCUT2D eigenvalue weighted by molar-refractivity contribution is 0.103. The lowest BCUT2D eigenvalue weighted by atomic mass is 10.1. The first-order valence-electron chi connectivity index (χ1n) is 9.58. The topological polar surface area (TPSA) is 40.6 Å². The molecule has 0 spiro atoms. The highest BCUT2D eigenvalue weighted by molar-refractivity contribution is 6.04. The van der Waals surface area contributed by atoms with Gasteiger partial charge in [0.15, 0.2) is 11.6 Å². The van der Waals surface area contributed by atoms with Crippen molar-refractivity contribution in [1.82, 2.24) is 9.80 Å². The molecule has 1 aliphatic rings. The number of rotatable bonds is 6. The number of allylic oxidation sites excluding steroid dienone is 2. The summed E-state index contributed by atoms with van der Waals surface area (Å²) in [5.74, 6) is 0.0389. The van der Waals surface area contributed by atoms with Crippen molar-refractivity contribution in [2.75, 3.05) is 26.2 Å². The molecule has 1 heterocycles. The van der Waals surface area contributed by atoms with Gasteiger partial charge in [-0.05, 0) is 13.8 Å². The van der Waals surface area contributed by atoms with Crippen molar-refractivity contribution in [3.8, 4) is 0 Å². The number of piperazine rings is 1. The summed E-state index contributed by atoms with van der Waals surface area (Å²) in [7, 11) is 0. The number of benzene rings is 2. The molecule has 28 heavy (non-hydrogen) atoms. The molecule has 2 aromatic carbocycles. The average molecular weight is 374 g/mol. The minimum absolute atomic E-state index is 0.0195. The van der Waals surface area contributed by atoms with Gasteiger partial charge in [0.1, 0.15) is 0 Å². The first-order valence-corrected chi connectivity index (χ1v) is 9.58. The van der Waals surface area contributed by atoms with Gasteiger partial charge < -0.3 is 9.80 Å². The first kappa shape index (κ1) is 19.6. The molecular formula is C24H26N2O2. The third kappa shape index (κ3) is 5.43. The summed E-state index contributed by atoms with van der Waals surface area (Å²) < 4.78 is 0. The number of carbonyl (C=O) groups is 2. The summed E-state index contributed by atoms with van der Waals surface area (Å²) in [6.07, 6.45) is 7.02. The fourth-order valence-electron chi connectivity index (χ4n) is 3.01. The van der Waals surface area contributed by atoms with E-state index in [1.54, 1.807) is 12.2 Å². The van der Waals surface area contributed by atoms with Gasteiger partial charge in [0.25, 0.3) is 0 Å². The molecule has 144 valence electrons. The minimum Gasteiger partial charge on any atom is -0.374 e. The van der Waals surface area contributed by atoms with Crippen LogP contribution in [0.4, 0.5) is 0 Å². The van der Waals surface area contributed by atoms with E-state index in [-0.39, 0.29) is 11.6 Å². The van der Waals surface area contributed by atoms with Crippen LogP contribution in [0.15, 0.2) is 73.1 Å². The maximum absolute atomic E-state index is 12.2. The summed E-state index contributed by atoms with van der Waals surface area (Å²) in [6, 6.07) is 15.2. The van der Waals surface area contributed by atoms with Crippen LogP contribution in [0.1, 0.15) is 31.8 Å². The lowest BCUT2D eigenvalue weighted by Gasteiger charge is -2.33. The van der Waals surface area contributed by atoms with Crippen molar-refractivity contribution < 1.29 is 9.59 Å². The quantitative estimate of drug-likeness (QED) is 0.566. The lowest BCUT2D eigenvalue weighted by Crippen LogP contribution is -2.41. The standard InChI is InChI=1S/C24H26N2O2/c1-19-3-7-21(8-4-19)23(27)11-13-25-15-17-26(18-16-25)14-12-24(28)22-9-5-20(2)6-10-22/h3-14H,15-18H2,1-2H3/b13-11+,14-12+. The van der Waals surface area contributed by atoms with Crippen molar-refractivity contribution in [2.45, 2.75) is 13.8 Å². The molecule has 0 amide bonds. The van der Waals surface area contributed by atoms with Gasteiger partial charge in [-0.25, -0.2) is 0 Å². The number of hydrogen-bond acceptors (Lipinski definition) is 4. The number of nitrogens with zero attached hydrogens (tertiary/aromatic N) is 2. The van der Waals surface area contributed by atoms with Crippen molar-refractivity contribution in [2.24, 2.45) is 0 Å². The van der Waals surface area contributed by atoms with Gasteiger partial charge in [0.05, 0.1) is 0 Å². The van der Waals surface area contributed by atoms with Gasteiger partial charge in [0, 0.05) is 61.9 Å². The van der Waals surface area contributed by atoms with E-state index >= 15 is 0 Å². The van der Waals surface area contributed by atoms with E-state index in [0.717, 1.165) is 37.3 Å². The van der Waals surface area contributed by atoms with Crippen LogP contribution in [0.3, 0.4) is 0 Å². The summed E-state index contributed by atoms with van der Waals surface area (Å²) in [5.41, 5.74) is 3.70. The predicted molar refractivity (Wildman–Crippen MR) is 112 cm³/mol. The molecule has 1 fully saturated rings. The second kappa shape index (κ2) is 9.18. The molecule has 0 aliphatic carbocycles. The number of aryl methyl sites for hydroxylation is 2. The Bertz CT molecular complexity index is 796. The van der Waals surface area contributed by atoms with E-state index < -0.39 is 0 Å². The van der Waals surface area contributed by atoms with Gasteiger partial charge in [0.2, 0.25) is 0 Å². The molecule has 2 aromatic rings. The minimum atomic E-state index is 0.0195. The van der Waals surface area contributed by atoms with Gasteiger partial charge in [-0.15, -0.1) is 0 Å². The van der Waals surface area contributed by atoms with Crippen molar-refractivity contribution in [3.05, 3.63) is 95.3 Å². The van der Waals surface area contributed by atoms with E-state index in [4.69, 9.17) is 0 Å². The Morgan fingerprint density at radius 1 is 0.643 bits per heavy atom. The van der Waals surface area contributed by atoms with E-state index in [1.165, 1.54) is 0 Å². The Morgan fingerprint density at radius 2 is 0.964 bits per heavy atom. The third-order valence-corrected chi connectivity index (χ3v) is 4.89. The van der Waals surface area contributed by atoms with Crippen LogP contribution >= 0.6 is 0 Å². The summed E-state index contributed by atoms with van der Waals surface area (Å²) in [5, 5.41) is 0. The smallest absolute Gasteiger partial charge is 0.187 e. The Labute approximate surface area is 166 Å². The van der Waals surface area contributed by atoms with Crippen molar-refractivity contribution >= 4 is 11.6 Å². The van der Waals surface area contributed by atoms with Crippen LogP contribution in [0, 0.1) is 13.8 Å². The van der Waals surface area contributed by atoms with Crippen molar-refractivity contribution in [1.29, 1.82) is 0 Å². The average Bonchev–Trinajstić information content (AvgIpc) is 2.72. The second-order valence-electron chi connectivity index (χ2n) is 7.16. The molecule has 0 radical (unpaired) electrons. The van der Waals surface area contributed by atoms with Crippen LogP contribution in [0.2, 0.25) is 0 Å². The highest BCUT2D eigenvalue weighted by atomic mass is 16.1. The summed E-state index contributed by atoms with van der Waals surface area (Å²) in [6.45, 7) is 7.29. The summed E-state index contributed by atoms with van der Waals surface area (Å²) in [4.78, 5) is 28.7. The maximum atomic E-state index is 12.2. The zero-order valence-electron chi connectivity index (χ0n) is 16.5. The molecule has 0 bridgehead atoms. The van der Waals surface area contributed by atoms with Crippen LogP contribution in [-0.4, -0.2) is 47.5 Å². The zero-order chi connectivity index (χ0) is 19.9. The molecule has 0 aromatic heterocycles. The van der Waals surface area contributed by atoms with Gasteiger partial charge in [-0.1, -0.05) is 59.7 Å². The molecule has 1 saturated heterocycles. The monoisotopic (exact) mass is 374 g/mol. The fourth-order valence-corrected chi connectivity index (χ4v) is 3.01. The zero-order valence-corrected chi connectivity index (χ0v) is 16.5. The van der Waals surface area contributed by atoms with E-state index in [1.807, 2.05) is 74.8 Å². The number of carbonyl (C=O) groups excluding carboxylic acids is 2. The Morgan fingerprint density at radius 3 is 1.29 bits per heavy atom. The molecule has 0 unspecified atom stereocenters. The van der Waals surface area contributed by atoms with Crippen LogP contribution in [-0.2, 0) is 0 Å². The van der Waals surface area contributed by atoms with Gasteiger partial charge in [-0.2, -0.15) is 0 Å². The van der Waals surface area contributed by atoms with Crippen LogP contribution in [0.5, 0.6) is 0 Å². The maximum Gasteiger partial charge on any atom is 0.187 e. The Balaban J connectivity index is 1.47. The number of hydrogen-bond donors (Lipinski definition) is 0. The van der Waals surface area contributed by atoms with Gasteiger partial charge in [-0.3, -0.25) is 9.59 Å². The molecule has 0 N–H and O–H groups in total. The van der Waals surface area contributed by atoms with Crippen LogP contribution in [0.25, 0.3) is 0 Å². The Kier molecular flexibility index (Phi) is 6.43. The second-order valence-corrected chi connectivity index (χ2v) is 7.16. The molecule has 1 aliphatic heterocycles.